The average Bonchev–Trinajstić information content (AvgIpc) is 3.09. The van der Waals surface area contributed by atoms with E-state index in [1.165, 1.54) is 0 Å². The van der Waals surface area contributed by atoms with Gasteiger partial charge in [-0.1, -0.05) is 86.5 Å². The minimum atomic E-state index is 0.872. The van der Waals surface area contributed by atoms with Gasteiger partial charge in [-0.3, -0.25) is 0 Å². The Bertz CT molecular complexity index is 922. The molecule has 3 aromatic carbocycles. The third-order valence-corrected chi connectivity index (χ3v) is 5.11. The highest BCUT2D eigenvalue weighted by atomic mass is 79.9. The molecule has 0 atom stereocenters. The van der Waals surface area contributed by atoms with Crippen LogP contribution in [-0.4, -0.2) is 0 Å². The Kier molecular flexibility index (Phi) is 4.60. The van der Waals surface area contributed by atoms with Crippen LogP contribution < -0.4 is 0 Å². The van der Waals surface area contributed by atoms with Crippen molar-refractivity contribution < 1.29 is 4.42 Å². The first-order chi connectivity index (χ1) is 12.2. The highest BCUT2D eigenvalue weighted by molar-refractivity contribution is 9.10. The molecule has 0 bridgehead atoms. The van der Waals surface area contributed by atoms with Crippen LogP contribution in [0.3, 0.4) is 0 Å². The van der Waals surface area contributed by atoms with Crippen molar-refractivity contribution in [2.45, 2.75) is 0 Å². The third kappa shape index (κ3) is 3.48. The van der Waals surface area contributed by atoms with Crippen LogP contribution in [0.1, 0.15) is 0 Å². The highest BCUT2D eigenvalue weighted by Gasteiger charge is 2.16. The zero-order chi connectivity index (χ0) is 17.2. The molecule has 1 nitrogen and oxygen atoms in total. The molecule has 0 aliphatic heterocycles. The van der Waals surface area contributed by atoms with Crippen molar-refractivity contribution in [2.24, 2.45) is 0 Å². The van der Waals surface area contributed by atoms with E-state index in [1.54, 1.807) is 0 Å². The fourth-order valence-electron chi connectivity index (χ4n) is 2.80. The summed E-state index contributed by atoms with van der Waals surface area (Å²) >= 11 is 7.00. The third-order valence-electron chi connectivity index (χ3n) is 4.05. The molecule has 0 radical (unpaired) electrons. The van der Waals surface area contributed by atoms with Crippen LogP contribution in [0.5, 0.6) is 0 Å². The Morgan fingerprint density at radius 1 is 0.560 bits per heavy atom. The monoisotopic (exact) mass is 452 g/mol. The van der Waals surface area contributed by atoms with E-state index in [0.717, 1.165) is 42.7 Å². The summed E-state index contributed by atoms with van der Waals surface area (Å²) < 4.78 is 8.40. The molecule has 0 amide bonds. The standard InChI is InChI=1S/C22H14Br2O/c23-18-10-6-15(7-11-18)20-14-21(16-4-2-1-3-5-16)25-22(20)17-8-12-19(24)13-9-17/h1-14H. The number of rotatable bonds is 3. The minimum absolute atomic E-state index is 0.872. The van der Waals surface area contributed by atoms with E-state index >= 15 is 0 Å². The van der Waals surface area contributed by atoms with E-state index in [9.17, 15) is 0 Å². The lowest BCUT2D eigenvalue weighted by atomic mass is 10.0. The Morgan fingerprint density at radius 2 is 1.12 bits per heavy atom. The van der Waals surface area contributed by atoms with Gasteiger partial charge >= 0.3 is 0 Å². The van der Waals surface area contributed by atoms with Gasteiger partial charge in [0.2, 0.25) is 0 Å². The van der Waals surface area contributed by atoms with E-state index in [0.29, 0.717) is 0 Å². The van der Waals surface area contributed by atoms with Crippen LogP contribution in [0.2, 0.25) is 0 Å². The van der Waals surface area contributed by atoms with Gasteiger partial charge in [0.1, 0.15) is 11.5 Å². The normalized spacial score (nSPS) is 10.8. The van der Waals surface area contributed by atoms with Gasteiger partial charge in [-0.05, 0) is 35.9 Å². The summed E-state index contributed by atoms with van der Waals surface area (Å²) in [5, 5.41) is 0. The SMILES string of the molecule is Brc1ccc(-c2cc(-c3ccccc3)oc2-c2ccc(Br)cc2)cc1. The van der Waals surface area contributed by atoms with Crippen LogP contribution in [0, 0.1) is 0 Å². The maximum absolute atomic E-state index is 6.28. The summed E-state index contributed by atoms with van der Waals surface area (Å²) in [5.74, 6) is 1.75. The molecular formula is C22H14Br2O. The molecule has 0 aliphatic rings. The summed E-state index contributed by atoms with van der Waals surface area (Å²) in [4.78, 5) is 0. The van der Waals surface area contributed by atoms with Gasteiger partial charge in [-0.25, -0.2) is 0 Å². The molecule has 0 fully saturated rings. The van der Waals surface area contributed by atoms with Gasteiger partial charge in [0.15, 0.2) is 0 Å². The first kappa shape index (κ1) is 16.4. The summed E-state index contributed by atoms with van der Waals surface area (Å²) in [6.45, 7) is 0. The van der Waals surface area contributed by atoms with Crippen LogP contribution in [-0.2, 0) is 0 Å². The molecule has 0 spiro atoms. The van der Waals surface area contributed by atoms with Gasteiger partial charge in [0, 0.05) is 25.6 Å². The molecule has 0 saturated carbocycles. The fraction of sp³-hybridized carbons (Fsp3) is 0. The Balaban J connectivity index is 1.89. The smallest absolute Gasteiger partial charge is 0.142 e. The maximum atomic E-state index is 6.28. The number of hydrogen-bond donors (Lipinski definition) is 0. The Hall–Kier alpha value is -2.10. The quantitative estimate of drug-likeness (QED) is 0.308. The molecule has 4 rings (SSSR count). The number of benzene rings is 3. The van der Waals surface area contributed by atoms with Crippen LogP contribution >= 0.6 is 31.9 Å². The van der Waals surface area contributed by atoms with Crippen molar-refractivity contribution >= 4 is 31.9 Å². The molecule has 0 saturated heterocycles. The second-order valence-electron chi connectivity index (χ2n) is 5.73. The van der Waals surface area contributed by atoms with Crippen LogP contribution in [0.25, 0.3) is 33.8 Å². The molecule has 3 heteroatoms. The zero-order valence-electron chi connectivity index (χ0n) is 13.2. The predicted molar refractivity (Wildman–Crippen MR) is 110 cm³/mol. The maximum Gasteiger partial charge on any atom is 0.142 e. The molecular weight excluding hydrogens is 440 g/mol. The summed E-state index contributed by atoms with van der Waals surface area (Å²) in [6.07, 6.45) is 0. The molecule has 0 N–H and O–H groups in total. The van der Waals surface area contributed by atoms with Crippen LogP contribution in [0.4, 0.5) is 0 Å². The van der Waals surface area contributed by atoms with E-state index in [2.05, 4.69) is 86.5 Å². The lowest BCUT2D eigenvalue weighted by Gasteiger charge is -2.04. The first-order valence-electron chi connectivity index (χ1n) is 7.92. The Morgan fingerprint density at radius 3 is 1.72 bits per heavy atom. The summed E-state index contributed by atoms with van der Waals surface area (Å²) in [5.41, 5.74) is 4.35. The van der Waals surface area contributed by atoms with Crippen molar-refractivity contribution in [3.63, 3.8) is 0 Å². The second kappa shape index (κ2) is 7.03. The predicted octanol–water partition coefficient (Wildman–Crippen LogP) is 7.81. The molecule has 4 aromatic rings. The highest BCUT2D eigenvalue weighted by Crippen LogP contribution is 2.39. The van der Waals surface area contributed by atoms with Crippen LogP contribution in [0.15, 0.2) is 98.3 Å². The van der Waals surface area contributed by atoms with Gasteiger partial charge in [0.25, 0.3) is 0 Å². The Labute approximate surface area is 163 Å². The van der Waals surface area contributed by atoms with Crippen molar-refractivity contribution in [2.75, 3.05) is 0 Å². The molecule has 0 unspecified atom stereocenters. The van der Waals surface area contributed by atoms with Gasteiger partial charge in [-0.2, -0.15) is 0 Å². The fourth-order valence-corrected chi connectivity index (χ4v) is 3.32. The number of hydrogen-bond acceptors (Lipinski definition) is 1. The first-order valence-corrected chi connectivity index (χ1v) is 9.50. The molecule has 0 aliphatic carbocycles. The van der Waals surface area contributed by atoms with Crippen molar-refractivity contribution in [3.05, 3.63) is 93.9 Å². The van der Waals surface area contributed by atoms with Gasteiger partial charge in [-0.15, -0.1) is 0 Å². The summed E-state index contributed by atoms with van der Waals surface area (Å²) in [7, 11) is 0. The van der Waals surface area contributed by atoms with E-state index < -0.39 is 0 Å². The van der Waals surface area contributed by atoms with Gasteiger partial charge in [0.05, 0.1) is 0 Å². The largest absolute Gasteiger partial charge is 0.455 e. The van der Waals surface area contributed by atoms with E-state index in [1.807, 2.05) is 30.3 Å². The summed E-state index contributed by atoms with van der Waals surface area (Å²) in [6, 6.07) is 28.8. The molecule has 1 aromatic heterocycles. The van der Waals surface area contributed by atoms with E-state index in [4.69, 9.17) is 4.42 Å². The van der Waals surface area contributed by atoms with Crippen molar-refractivity contribution in [1.29, 1.82) is 0 Å². The topological polar surface area (TPSA) is 13.1 Å². The van der Waals surface area contributed by atoms with Gasteiger partial charge < -0.3 is 4.42 Å². The molecule has 25 heavy (non-hydrogen) atoms. The molecule has 1 heterocycles. The van der Waals surface area contributed by atoms with Crippen molar-refractivity contribution in [1.82, 2.24) is 0 Å². The minimum Gasteiger partial charge on any atom is -0.455 e. The zero-order valence-corrected chi connectivity index (χ0v) is 16.4. The van der Waals surface area contributed by atoms with E-state index in [-0.39, 0.29) is 0 Å². The number of halogens is 2. The molecule has 122 valence electrons. The number of furan rings is 1. The second-order valence-corrected chi connectivity index (χ2v) is 7.56. The average molecular weight is 454 g/mol. The lowest BCUT2D eigenvalue weighted by molar-refractivity contribution is 0.598. The van der Waals surface area contributed by atoms with Crippen molar-refractivity contribution in [3.8, 4) is 33.8 Å². The lowest BCUT2D eigenvalue weighted by Crippen LogP contribution is -1.80.